The van der Waals surface area contributed by atoms with E-state index < -0.39 is 0 Å². The fourth-order valence-corrected chi connectivity index (χ4v) is 7.74. The molecule has 5 unspecified atom stereocenters. The van der Waals surface area contributed by atoms with Gasteiger partial charge in [0.25, 0.3) is 5.91 Å². The van der Waals surface area contributed by atoms with Crippen molar-refractivity contribution in [1.29, 1.82) is 0 Å². The predicted molar refractivity (Wildman–Crippen MR) is 113 cm³/mol. The zero-order chi connectivity index (χ0) is 19.8. The molecule has 1 spiro atoms. The van der Waals surface area contributed by atoms with Gasteiger partial charge in [0.05, 0.1) is 5.69 Å². The van der Waals surface area contributed by atoms with Gasteiger partial charge in [-0.2, -0.15) is 0 Å². The molecule has 4 aliphatic rings. The number of nitrogens with one attached hydrogen (secondary N) is 2. The lowest BCUT2D eigenvalue weighted by Gasteiger charge is -2.49. The zero-order valence-electron chi connectivity index (χ0n) is 17.6. The molecule has 4 aliphatic carbocycles. The van der Waals surface area contributed by atoms with Crippen molar-refractivity contribution in [2.24, 2.45) is 28.6 Å². The second kappa shape index (κ2) is 6.07. The van der Waals surface area contributed by atoms with E-state index >= 15 is 0 Å². The number of rotatable bonds is 6. The molecule has 4 saturated carbocycles. The van der Waals surface area contributed by atoms with Crippen LogP contribution in [0.5, 0.6) is 0 Å². The maximum atomic E-state index is 13.1. The first-order valence-corrected chi connectivity index (χ1v) is 11.4. The Kier molecular flexibility index (Phi) is 3.75. The fourth-order valence-electron chi connectivity index (χ4n) is 7.74. The Bertz CT molecular complexity index is 976. The van der Waals surface area contributed by atoms with Crippen molar-refractivity contribution >= 4 is 11.6 Å². The Morgan fingerprint density at radius 2 is 2.14 bits per heavy atom. The Morgan fingerprint density at radius 3 is 3.00 bits per heavy atom. The van der Waals surface area contributed by atoms with Gasteiger partial charge in [0.2, 0.25) is 0 Å². The normalized spacial score (nSPS) is 36.6. The van der Waals surface area contributed by atoms with Crippen molar-refractivity contribution in [2.45, 2.75) is 65.0 Å². The maximum absolute atomic E-state index is 13.1. The van der Waals surface area contributed by atoms with Gasteiger partial charge in [0, 0.05) is 25.3 Å². The molecule has 1 amide bonds. The molecular formula is C24H32N4O. The van der Waals surface area contributed by atoms with Gasteiger partial charge in [-0.05, 0) is 79.2 Å². The zero-order valence-corrected chi connectivity index (χ0v) is 17.6. The summed E-state index contributed by atoms with van der Waals surface area (Å²) < 4.78 is 1.95. The van der Waals surface area contributed by atoms with Gasteiger partial charge < -0.3 is 10.6 Å². The third-order valence-electron chi connectivity index (χ3n) is 8.68. The molecule has 0 aromatic carbocycles. The van der Waals surface area contributed by atoms with Crippen LogP contribution < -0.4 is 10.6 Å². The molecule has 6 rings (SSSR count). The van der Waals surface area contributed by atoms with Gasteiger partial charge in [0.15, 0.2) is 0 Å². The predicted octanol–water partition coefficient (Wildman–Crippen LogP) is 3.78. The molecule has 2 N–H and O–H groups in total. The summed E-state index contributed by atoms with van der Waals surface area (Å²) in [5.74, 6) is 2.92. The van der Waals surface area contributed by atoms with Crippen LogP contribution in [0.15, 0.2) is 24.4 Å². The van der Waals surface area contributed by atoms with E-state index in [1.54, 1.807) is 0 Å². The van der Waals surface area contributed by atoms with Crippen molar-refractivity contribution in [3.63, 3.8) is 0 Å². The topological polar surface area (TPSA) is 58.4 Å². The van der Waals surface area contributed by atoms with Gasteiger partial charge in [-0.1, -0.05) is 19.9 Å². The molecular weight excluding hydrogens is 360 g/mol. The molecule has 5 atom stereocenters. The number of hydrogen-bond donors (Lipinski definition) is 2. The summed E-state index contributed by atoms with van der Waals surface area (Å²) in [5.41, 5.74) is 3.55. The van der Waals surface area contributed by atoms with Crippen molar-refractivity contribution in [3.8, 4) is 0 Å². The largest absolute Gasteiger partial charge is 0.350 e. The second-order valence-electron chi connectivity index (χ2n) is 10.8. The van der Waals surface area contributed by atoms with Gasteiger partial charge in [-0.15, -0.1) is 0 Å². The molecule has 0 radical (unpaired) electrons. The number of carbonyl (C=O) groups excluding carboxylic acids is 1. The molecule has 5 nitrogen and oxygen atoms in total. The van der Waals surface area contributed by atoms with E-state index in [-0.39, 0.29) is 5.91 Å². The van der Waals surface area contributed by atoms with Crippen LogP contribution in [0.3, 0.4) is 0 Å². The molecule has 4 fully saturated rings. The molecule has 5 heteroatoms. The minimum Gasteiger partial charge on any atom is -0.350 e. The molecule has 2 heterocycles. The first-order valence-electron chi connectivity index (χ1n) is 11.4. The van der Waals surface area contributed by atoms with Crippen molar-refractivity contribution in [2.75, 3.05) is 6.54 Å². The molecule has 3 bridgehead atoms. The number of amides is 1. The van der Waals surface area contributed by atoms with E-state index in [1.165, 1.54) is 38.5 Å². The summed E-state index contributed by atoms with van der Waals surface area (Å²) in [5, 5.41) is 6.74. The smallest absolute Gasteiger partial charge is 0.268 e. The first-order chi connectivity index (χ1) is 14.0. The monoisotopic (exact) mass is 392 g/mol. The highest BCUT2D eigenvalue weighted by molar-refractivity contribution is 5.93. The summed E-state index contributed by atoms with van der Waals surface area (Å²) >= 11 is 0. The highest BCUT2D eigenvalue weighted by Gasteiger charge is 2.70. The van der Waals surface area contributed by atoms with Crippen LogP contribution in [0, 0.1) is 28.6 Å². The highest BCUT2D eigenvalue weighted by Crippen LogP contribution is 2.78. The first kappa shape index (κ1) is 17.9. The molecule has 2 aromatic rings. The van der Waals surface area contributed by atoms with Crippen LogP contribution in [-0.4, -0.2) is 27.9 Å². The Hall–Kier alpha value is -1.88. The quantitative estimate of drug-likeness (QED) is 0.787. The number of aromatic nitrogens is 2. The summed E-state index contributed by atoms with van der Waals surface area (Å²) in [6.07, 6.45) is 10.5. The van der Waals surface area contributed by atoms with E-state index in [4.69, 9.17) is 0 Å². The van der Waals surface area contributed by atoms with Crippen LogP contribution >= 0.6 is 0 Å². The van der Waals surface area contributed by atoms with E-state index in [9.17, 15) is 4.79 Å². The number of carbonyl (C=O) groups is 1. The van der Waals surface area contributed by atoms with Gasteiger partial charge in [0.1, 0.15) is 11.3 Å². The lowest BCUT2D eigenvalue weighted by Crippen LogP contribution is -2.43. The number of imidazole rings is 1. The van der Waals surface area contributed by atoms with E-state index in [0.717, 1.165) is 42.2 Å². The Morgan fingerprint density at radius 1 is 1.24 bits per heavy atom. The van der Waals surface area contributed by atoms with Crippen molar-refractivity contribution in [1.82, 2.24) is 20.0 Å². The fraction of sp³-hybridized carbons (Fsp3) is 0.667. The SMILES string of the molecule is CC(C)NCc1cn2c(C(=O)NCC34CC5CC6CC(C3)C6(C5)C4)cccc2n1. The van der Waals surface area contributed by atoms with Crippen LogP contribution in [0.25, 0.3) is 5.65 Å². The summed E-state index contributed by atoms with van der Waals surface area (Å²) in [6.45, 7) is 5.82. The van der Waals surface area contributed by atoms with E-state index in [2.05, 4.69) is 29.5 Å². The van der Waals surface area contributed by atoms with Crippen molar-refractivity contribution in [3.05, 3.63) is 35.8 Å². The number of hydrogen-bond acceptors (Lipinski definition) is 3. The van der Waals surface area contributed by atoms with Crippen molar-refractivity contribution < 1.29 is 4.79 Å². The summed E-state index contributed by atoms with van der Waals surface area (Å²) in [7, 11) is 0. The summed E-state index contributed by atoms with van der Waals surface area (Å²) in [4.78, 5) is 17.8. The minimum absolute atomic E-state index is 0.0389. The summed E-state index contributed by atoms with van der Waals surface area (Å²) in [6, 6.07) is 6.24. The molecule has 154 valence electrons. The molecule has 2 aromatic heterocycles. The average Bonchev–Trinajstić information content (AvgIpc) is 3.25. The van der Waals surface area contributed by atoms with Gasteiger partial charge >= 0.3 is 0 Å². The molecule has 0 saturated heterocycles. The standard InChI is InChI=1S/C24H32N4O/c1-15(2)25-11-19-12-28-20(4-3-5-21(28)27-19)22(29)26-14-23-8-16-6-17-7-18(10-23)24(17,9-16)13-23/h3-5,12,15-18,25H,6-11,13-14H2,1-2H3,(H,26,29). The highest BCUT2D eigenvalue weighted by atomic mass is 16.1. The van der Waals surface area contributed by atoms with Crippen LogP contribution in [0.1, 0.15) is 68.6 Å². The van der Waals surface area contributed by atoms with Crippen LogP contribution in [0.2, 0.25) is 0 Å². The second-order valence-corrected chi connectivity index (χ2v) is 10.8. The Balaban J connectivity index is 1.19. The maximum Gasteiger partial charge on any atom is 0.268 e. The minimum atomic E-state index is 0.0389. The van der Waals surface area contributed by atoms with Gasteiger partial charge in [-0.25, -0.2) is 4.98 Å². The third kappa shape index (κ3) is 2.62. The number of nitrogens with zero attached hydrogens (tertiary/aromatic N) is 2. The van der Waals surface area contributed by atoms with Crippen LogP contribution in [-0.2, 0) is 6.54 Å². The number of fused-ring (bicyclic) bond motifs is 3. The molecule has 29 heavy (non-hydrogen) atoms. The van der Waals surface area contributed by atoms with E-state index in [0.29, 0.717) is 22.6 Å². The Labute approximate surface area is 172 Å². The lowest BCUT2D eigenvalue weighted by atomic mass is 9.55. The average molecular weight is 393 g/mol. The lowest BCUT2D eigenvalue weighted by molar-refractivity contribution is -0.00254. The van der Waals surface area contributed by atoms with E-state index in [1.807, 2.05) is 28.8 Å². The molecule has 0 aliphatic heterocycles. The third-order valence-corrected chi connectivity index (χ3v) is 8.68. The van der Waals surface area contributed by atoms with Crippen LogP contribution in [0.4, 0.5) is 0 Å². The number of pyridine rings is 1. The van der Waals surface area contributed by atoms with Gasteiger partial charge in [-0.3, -0.25) is 9.20 Å².